The second-order valence-corrected chi connectivity index (χ2v) is 5.13. The number of fused-ring (bicyclic) bond motifs is 2. The summed E-state index contributed by atoms with van der Waals surface area (Å²) >= 11 is 0. The van der Waals surface area contributed by atoms with Crippen LogP contribution in [0.15, 0.2) is 36.4 Å². The van der Waals surface area contributed by atoms with Gasteiger partial charge in [0, 0.05) is 17.7 Å². The molecule has 3 aromatic rings. The van der Waals surface area contributed by atoms with Crippen molar-refractivity contribution in [2.45, 2.75) is 6.54 Å². The molecule has 1 aliphatic rings. The van der Waals surface area contributed by atoms with Crippen LogP contribution in [0.25, 0.3) is 11.0 Å². The van der Waals surface area contributed by atoms with Crippen molar-refractivity contribution in [1.29, 1.82) is 0 Å². The lowest BCUT2D eigenvalue weighted by Gasteiger charge is -2.18. The Kier molecular flexibility index (Phi) is 2.89. The predicted octanol–water partition coefficient (Wildman–Crippen LogP) is 2.58. The number of benzene rings is 2. The molecular formula is C16H14FN3O2. The fourth-order valence-electron chi connectivity index (χ4n) is 2.64. The van der Waals surface area contributed by atoms with Crippen LogP contribution in [0.3, 0.4) is 0 Å². The van der Waals surface area contributed by atoms with Gasteiger partial charge in [-0.3, -0.25) is 0 Å². The second kappa shape index (κ2) is 4.91. The molecule has 0 bridgehead atoms. The zero-order valence-electron chi connectivity index (χ0n) is 11.8. The van der Waals surface area contributed by atoms with Crippen LogP contribution < -0.4 is 15.2 Å². The fraction of sp³-hybridized carbons (Fsp3) is 0.188. The topological polar surface area (TPSA) is 62.3 Å². The maximum absolute atomic E-state index is 13.9. The average Bonchev–Trinajstić information content (AvgIpc) is 2.82. The van der Waals surface area contributed by atoms with E-state index in [0.29, 0.717) is 48.3 Å². The molecule has 6 heteroatoms. The largest absolute Gasteiger partial charge is 0.486 e. The molecule has 0 fully saturated rings. The maximum atomic E-state index is 13.9. The van der Waals surface area contributed by atoms with Crippen molar-refractivity contribution in [2.75, 3.05) is 18.9 Å². The van der Waals surface area contributed by atoms with Crippen LogP contribution in [0.2, 0.25) is 0 Å². The summed E-state index contributed by atoms with van der Waals surface area (Å²) in [5.41, 5.74) is 8.06. The number of halogens is 1. The third-order valence-corrected chi connectivity index (χ3v) is 3.73. The molecule has 0 aliphatic carbocycles. The van der Waals surface area contributed by atoms with Crippen molar-refractivity contribution < 1.29 is 13.9 Å². The zero-order chi connectivity index (χ0) is 15.1. The highest BCUT2D eigenvalue weighted by molar-refractivity contribution is 5.82. The standard InChI is InChI=1S/C16H14FN3O2/c17-11-4-2-1-3-10(11)9-20-13-8-15-14(21-5-6-22-15)7-12(13)19-16(20)18/h1-4,7-8H,5-6,9H2,(H2,18,19). The highest BCUT2D eigenvalue weighted by Gasteiger charge is 2.17. The number of hydrogen-bond acceptors (Lipinski definition) is 4. The van der Waals surface area contributed by atoms with Crippen LogP contribution in [0.5, 0.6) is 11.5 Å². The zero-order valence-corrected chi connectivity index (χ0v) is 11.8. The van der Waals surface area contributed by atoms with E-state index in [1.165, 1.54) is 6.07 Å². The van der Waals surface area contributed by atoms with E-state index < -0.39 is 0 Å². The van der Waals surface area contributed by atoms with Crippen LogP contribution in [0, 0.1) is 5.82 Å². The molecule has 0 saturated carbocycles. The molecule has 0 atom stereocenters. The molecule has 1 aliphatic heterocycles. The van der Waals surface area contributed by atoms with Gasteiger partial charge in [0.2, 0.25) is 5.95 Å². The van der Waals surface area contributed by atoms with Crippen molar-refractivity contribution in [3.63, 3.8) is 0 Å². The molecule has 2 N–H and O–H groups in total. The van der Waals surface area contributed by atoms with Crippen molar-refractivity contribution in [3.05, 3.63) is 47.8 Å². The Bertz CT molecular complexity index is 860. The van der Waals surface area contributed by atoms with E-state index in [4.69, 9.17) is 15.2 Å². The van der Waals surface area contributed by atoms with E-state index in [1.54, 1.807) is 28.8 Å². The van der Waals surface area contributed by atoms with Gasteiger partial charge in [0.05, 0.1) is 17.6 Å². The quantitative estimate of drug-likeness (QED) is 0.790. The number of nitrogens with two attached hydrogens (primary N) is 1. The van der Waals surface area contributed by atoms with Gasteiger partial charge in [-0.1, -0.05) is 18.2 Å². The summed E-state index contributed by atoms with van der Waals surface area (Å²) in [6.07, 6.45) is 0. The first kappa shape index (κ1) is 12.9. The number of rotatable bonds is 2. The predicted molar refractivity (Wildman–Crippen MR) is 80.6 cm³/mol. The van der Waals surface area contributed by atoms with Gasteiger partial charge in [0.15, 0.2) is 11.5 Å². The van der Waals surface area contributed by atoms with Gasteiger partial charge in [-0.05, 0) is 6.07 Å². The molecule has 4 rings (SSSR count). The van der Waals surface area contributed by atoms with Crippen molar-refractivity contribution in [2.24, 2.45) is 0 Å². The summed E-state index contributed by atoms with van der Waals surface area (Å²) in [5.74, 6) is 1.39. The summed E-state index contributed by atoms with van der Waals surface area (Å²) in [5, 5.41) is 0. The molecule has 1 aromatic heterocycles. The normalized spacial score (nSPS) is 13.5. The molecule has 0 spiro atoms. The molecule has 2 aromatic carbocycles. The Morgan fingerprint density at radius 2 is 1.86 bits per heavy atom. The molecule has 5 nitrogen and oxygen atoms in total. The van der Waals surface area contributed by atoms with Crippen LogP contribution in [0.1, 0.15) is 5.56 Å². The molecule has 0 amide bonds. The number of nitrogen functional groups attached to an aromatic ring is 1. The Labute approximate surface area is 126 Å². The maximum Gasteiger partial charge on any atom is 0.201 e. The van der Waals surface area contributed by atoms with E-state index in [0.717, 1.165) is 5.52 Å². The Balaban J connectivity index is 1.83. The summed E-state index contributed by atoms with van der Waals surface area (Å²) in [6, 6.07) is 10.3. The summed E-state index contributed by atoms with van der Waals surface area (Å²) in [4.78, 5) is 4.33. The third-order valence-electron chi connectivity index (χ3n) is 3.73. The first-order chi connectivity index (χ1) is 10.7. The van der Waals surface area contributed by atoms with Crippen molar-refractivity contribution in [3.8, 4) is 11.5 Å². The Morgan fingerprint density at radius 3 is 2.64 bits per heavy atom. The average molecular weight is 299 g/mol. The van der Waals surface area contributed by atoms with E-state index in [-0.39, 0.29) is 5.82 Å². The lowest BCUT2D eigenvalue weighted by Crippen LogP contribution is -2.15. The van der Waals surface area contributed by atoms with Gasteiger partial charge < -0.3 is 19.8 Å². The number of hydrogen-bond donors (Lipinski definition) is 1. The van der Waals surface area contributed by atoms with Gasteiger partial charge in [-0.2, -0.15) is 0 Å². The molecule has 0 radical (unpaired) electrons. The van der Waals surface area contributed by atoms with Gasteiger partial charge in [-0.25, -0.2) is 9.37 Å². The Morgan fingerprint density at radius 1 is 1.14 bits per heavy atom. The second-order valence-electron chi connectivity index (χ2n) is 5.13. The fourth-order valence-corrected chi connectivity index (χ4v) is 2.64. The van der Waals surface area contributed by atoms with Gasteiger partial charge in [0.25, 0.3) is 0 Å². The summed E-state index contributed by atoms with van der Waals surface area (Å²) < 4.78 is 26.8. The molecule has 22 heavy (non-hydrogen) atoms. The van der Waals surface area contributed by atoms with Crippen LogP contribution in [-0.4, -0.2) is 22.8 Å². The molecule has 112 valence electrons. The molecule has 0 saturated heterocycles. The van der Waals surface area contributed by atoms with Gasteiger partial charge in [-0.15, -0.1) is 0 Å². The van der Waals surface area contributed by atoms with Crippen LogP contribution in [-0.2, 0) is 6.54 Å². The van der Waals surface area contributed by atoms with E-state index in [2.05, 4.69) is 4.98 Å². The lowest BCUT2D eigenvalue weighted by atomic mass is 10.2. The minimum absolute atomic E-state index is 0.263. The van der Waals surface area contributed by atoms with Crippen molar-refractivity contribution in [1.82, 2.24) is 9.55 Å². The number of nitrogens with zero attached hydrogens (tertiary/aromatic N) is 2. The van der Waals surface area contributed by atoms with Gasteiger partial charge >= 0.3 is 0 Å². The van der Waals surface area contributed by atoms with Crippen LogP contribution in [0.4, 0.5) is 10.3 Å². The number of anilines is 1. The minimum Gasteiger partial charge on any atom is -0.486 e. The minimum atomic E-state index is -0.263. The first-order valence-corrected chi connectivity index (χ1v) is 7.01. The first-order valence-electron chi connectivity index (χ1n) is 7.01. The Hall–Kier alpha value is -2.76. The molecule has 0 unspecified atom stereocenters. The summed E-state index contributed by atoms with van der Waals surface area (Å²) in [6.45, 7) is 1.34. The number of aromatic nitrogens is 2. The summed E-state index contributed by atoms with van der Waals surface area (Å²) in [7, 11) is 0. The molecular weight excluding hydrogens is 285 g/mol. The third kappa shape index (κ3) is 2.04. The molecule has 2 heterocycles. The van der Waals surface area contributed by atoms with Gasteiger partial charge in [0.1, 0.15) is 19.0 Å². The monoisotopic (exact) mass is 299 g/mol. The van der Waals surface area contributed by atoms with E-state index in [1.807, 2.05) is 6.07 Å². The smallest absolute Gasteiger partial charge is 0.201 e. The van der Waals surface area contributed by atoms with E-state index in [9.17, 15) is 4.39 Å². The number of imidazole rings is 1. The van der Waals surface area contributed by atoms with E-state index >= 15 is 0 Å². The number of ether oxygens (including phenoxy) is 2. The highest BCUT2D eigenvalue weighted by atomic mass is 19.1. The van der Waals surface area contributed by atoms with Crippen LogP contribution >= 0.6 is 0 Å². The van der Waals surface area contributed by atoms with Crippen molar-refractivity contribution >= 4 is 17.0 Å². The highest BCUT2D eigenvalue weighted by Crippen LogP contribution is 2.35. The lowest BCUT2D eigenvalue weighted by molar-refractivity contribution is 0.172. The SMILES string of the molecule is Nc1nc2cc3c(cc2n1Cc1ccccc1F)OCCO3.